The Bertz CT molecular complexity index is 1080. The van der Waals surface area contributed by atoms with E-state index in [1.54, 1.807) is 18.3 Å². The highest BCUT2D eigenvalue weighted by Gasteiger charge is 2.15. The number of esters is 1. The molecular weight excluding hydrogens is 326 g/mol. The fourth-order valence-electron chi connectivity index (χ4n) is 3.07. The molecule has 4 aromatic rings. The smallest absolute Gasteiger partial charge is 0.308 e. The lowest BCUT2D eigenvalue weighted by Gasteiger charge is -2.07. The first-order valence-electron chi connectivity index (χ1n) is 8.32. The van der Waals surface area contributed by atoms with Crippen molar-refractivity contribution in [2.45, 2.75) is 13.8 Å². The van der Waals surface area contributed by atoms with Gasteiger partial charge in [0, 0.05) is 24.2 Å². The average Bonchev–Trinajstić information content (AvgIpc) is 2.98. The number of ether oxygens (including phenoxy) is 1. The van der Waals surface area contributed by atoms with Crippen molar-refractivity contribution in [3.63, 3.8) is 0 Å². The van der Waals surface area contributed by atoms with E-state index in [1.165, 1.54) is 6.92 Å². The second-order valence-electron chi connectivity index (χ2n) is 6.01. The van der Waals surface area contributed by atoms with Crippen LogP contribution in [-0.2, 0) is 4.79 Å². The average molecular weight is 343 g/mol. The topological polar surface area (TPSA) is 56.5 Å². The molecule has 0 unspecified atom stereocenters. The Balaban J connectivity index is 1.84. The van der Waals surface area contributed by atoms with E-state index in [-0.39, 0.29) is 5.97 Å². The molecule has 2 aromatic carbocycles. The molecule has 0 N–H and O–H groups in total. The van der Waals surface area contributed by atoms with Crippen LogP contribution in [0.4, 0.5) is 0 Å². The summed E-state index contributed by atoms with van der Waals surface area (Å²) in [5.41, 5.74) is 5.76. The molecule has 0 fully saturated rings. The zero-order chi connectivity index (χ0) is 18.1. The molecule has 0 radical (unpaired) electrons. The first kappa shape index (κ1) is 16.0. The SMILES string of the molecule is CC(=O)Oc1ccc(-c2ccnc3c(-c4ccccc4)c(C)nn23)cc1. The molecule has 4 rings (SSSR count). The van der Waals surface area contributed by atoms with E-state index in [9.17, 15) is 4.79 Å². The van der Waals surface area contributed by atoms with E-state index in [1.807, 2.05) is 47.8 Å². The molecule has 5 nitrogen and oxygen atoms in total. The lowest BCUT2D eigenvalue weighted by atomic mass is 10.1. The molecule has 0 bridgehead atoms. The lowest BCUT2D eigenvalue weighted by molar-refractivity contribution is -0.131. The van der Waals surface area contributed by atoms with Gasteiger partial charge in [0.15, 0.2) is 5.65 Å². The number of benzene rings is 2. The van der Waals surface area contributed by atoms with Crippen LogP contribution in [0.2, 0.25) is 0 Å². The van der Waals surface area contributed by atoms with Crippen molar-refractivity contribution in [3.8, 4) is 28.1 Å². The van der Waals surface area contributed by atoms with Crippen LogP contribution in [0.25, 0.3) is 28.0 Å². The van der Waals surface area contributed by atoms with Crippen molar-refractivity contribution in [2.75, 3.05) is 0 Å². The van der Waals surface area contributed by atoms with E-state index in [2.05, 4.69) is 17.1 Å². The third-order valence-electron chi connectivity index (χ3n) is 4.17. The minimum absolute atomic E-state index is 0.334. The molecule has 128 valence electrons. The maximum Gasteiger partial charge on any atom is 0.308 e. The highest BCUT2D eigenvalue weighted by Crippen LogP contribution is 2.30. The van der Waals surface area contributed by atoms with Crippen LogP contribution < -0.4 is 4.74 Å². The summed E-state index contributed by atoms with van der Waals surface area (Å²) >= 11 is 0. The maximum atomic E-state index is 11.1. The minimum atomic E-state index is -0.334. The van der Waals surface area contributed by atoms with Gasteiger partial charge in [-0.1, -0.05) is 30.3 Å². The Kier molecular flexibility index (Phi) is 3.97. The van der Waals surface area contributed by atoms with Crippen molar-refractivity contribution in [2.24, 2.45) is 0 Å². The number of carbonyl (C=O) groups excluding carboxylic acids is 1. The predicted octanol–water partition coefficient (Wildman–Crippen LogP) is 4.30. The fourth-order valence-corrected chi connectivity index (χ4v) is 3.07. The van der Waals surface area contributed by atoms with Crippen molar-refractivity contribution in [1.82, 2.24) is 14.6 Å². The molecule has 26 heavy (non-hydrogen) atoms. The first-order valence-corrected chi connectivity index (χ1v) is 8.32. The van der Waals surface area contributed by atoms with Crippen LogP contribution in [-0.4, -0.2) is 20.6 Å². The highest BCUT2D eigenvalue weighted by molar-refractivity contribution is 5.81. The summed E-state index contributed by atoms with van der Waals surface area (Å²) in [6.07, 6.45) is 1.79. The molecule has 0 amide bonds. The molecule has 0 aliphatic heterocycles. The normalized spacial score (nSPS) is 10.8. The van der Waals surface area contributed by atoms with Gasteiger partial charge < -0.3 is 4.74 Å². The quantitative estimate of drug-likeness (QED) is 0.411. The van der Waals surface area contributed by atoms with Gasteiger partial charge >= 0.3 is 5.97 Å². The Hall–Kier alpha value is -3.47. The number of hydrogen-bond acceptors (Lipinski definition) is 4. The number of aromatic nitrogens is 3. The van der Waals surface area contributed by atoms with E-state index in [0.29, 0.717) is 5.75 Å². The second-order valence-corrected chi connectivity index (χ2v) is 6.01. The van der Waals surface area contributed by atoms with Gasteiger partial charge in [-0.15, -0.1) is 0 Å². The van der Waals surface area contributed by atoms with Gasteiger partial charge in [-0.2, -0.15) is 5.10 Å². The molecular formula is C21H17N3O2. The van der Waals surface area contributed by atoms with Crippen LogP contribution in [0.1, 0.15) is 12.6 Å². The molecule has 2 aromatic heterocycles. The van der Waals surface area contributed by atoms with Crippen molar-refractivity contribution < 1.29 is 9.53 Å². The Morgan fingerprint density at radius 3 is 2.38 bits per heavy atom. The number of hydrogen-bond donors (Lipinski definition) is 0. The van der Waals surface area contributed by atoms with Crippen molar-refractivity contribution >= 4 is 11.6 Å². The molecule has 0 aliphatic rings. The summed E-state index contributed by atoms with van der Waals surface area (Å²) in [6, 6.07) is 19.4. The van der Waals surface area contributed by atoms with Gasteiger partial charge in [0.2, 0.25) is 0 Å². The molecule has 5 heteroatoms. The molecule has 0 spiro atoms. The van der Waals surface area contributed by atoms with Gasteiger partial charge in [-0.05, 0) is 42.8 Å². The van der Waals surface area contributed by atoms with E-state index >= 15 is 0 Å². The zero-order valence-corrected chi connectivity index (χ0v) is 14.5. The van der Waals surface area contributed by atoms with E-state index in [0.717, 1.165) is 33.7 Å². The molecule has 0 atom stereocenters. The number of fused-ring (bicyclic) bond motifs is 1. The monoisotopic (exact) mass is 343 g/mol. The summed E-state index contributed by atoms with van der Waals surface area (Å²) in [5.74, 6) is 0.187. The van der Waals surface area contributed by atoms with Crippen LogP contribution in [0.3, 0.4) is 0 Å². The Morgan fingerprint density at radius 1 is 0.962 bits per heavy atom. The minimum Gasteiger partial charge on any atom is -0.427 e. The van der Waals surface area contributed by atoms with Gasteiger partial charge in [-0.25, -0.2) is 9.50 Å². The Labute approximate surface area is 150 Å². The number of nitrogens with zero attached hydrogens (tertiary/aromatic N) is 3. The zero-order valence-electron chi connectivity index (χ0n) is 14.5. The fraction of sp³-hybridized carbons (Fsp3) is 0.0952. The van der Waals surface area contributed by atoms with E-state index in [4.69, 9.17) is 9.84 Å². The molecule has 2 heterocycles. The summed E-state index contributed by atoms with van der Waals surface area (Å²) < 4.78 is 6.96. The molecule has 0 aliphatic carbocycles. The van der Waals surface area contributed by atoms with Crippen LogP contribution in [0, 0.1) is 6.92 Å². The van der Waals surface area contributed by atoms with Crippen LogP contribution in [0.15, 0.2) is 66.9 Å². The third-order valence-corrected chi connectivity index (χ3v) is 4.17. The number of carbonyl (C=O) groups is 1. The lowest BCUT2D eigenvalue weighted by Crippen LogP contribution is -2.01. The number of aryl methyl sites for hydroxylation is 1. The Morgan fingerprint density at radius 2 is 1.69 bits per heavy atom. The van der Waals surface area contributed by atoms with Gasteiger partial charge in [0.25, 0.3) is 0 Å². The summed E-state index contributed by atoms with van der Waals surface area (Å²) in [7, 11) is 0. The van der Waals surface area contributed by atoms with Gasteiger partial charge in [0.1, 0.15) is 5.75 Å². The number of rotatable bonds is 3. The summed E-state index contributed by atoms with van der Waals surface area (Å²) in [6.45, 7) is 3.38. The summed E-state index contributed by atoms with van der Waals surface area (Å²) in [5, 5.41) is 4.71. The van der Waals surface area contributed by atoms with Gasteiger partial charge in [0.05, 0.1) is 11.4 Å². The molecule has 0 saturated heterocycles. The first-order chi connectivity index (χ1) is 12.6. The third kappa shape index (κ3) is 2.84. The maximum absolute atomic E-state index is 11.1. The largest absolute Gasteiger partial charge is 0.427 e. The van der Waals surface area contributed by atoms with Crippen molar-refractivity contribution in [1.29, 1.82) is 0 Å². The standard InChI is InChI=1S/C21H17N3O2/c1-14-20(17-6-4-3-5-7-17)21-22-13-12-19(24(21)23-14)16-8-10-18(11-9-16)26-15(2)25/h3-13H,1-2H3. The molecule has 0 saturated carbocycles. The summed E-state index contributed by atoms with van der Waals surface area (Å²) in [4.78, 5) is 15.6. The van der Waals surface area contributed by atoms with Crippen molar-refractivity contribution in [3.05, 3.63) is 72.6 Å². The van der Waals surface area contributed by atoms with E-state index < -0.39 is 0 Å². The van der Waals surface area contributed by atoms with Gasteiger partial charge in [-0.3, -0.25) is 4.79 Å². The predicted molar refractivity (Wildman–Crippen MR) is 99.9 cm³/mol. The van der Waals surface area contributed by atoms with Crippen LogP contribution >= 0.6 is 0 Å². The highest BCUT2D eigenvalue weighted by atomic mass is 16.5. The van der Waals surface area contributed by atoms with Crippen LogP contribution in [0.5, 0.6) is 5.75 Å². The second kappa shape index (κ2) is 6.44.